The normalized spacial score (nSPS) is 15.0. The number of guanidine groups is 1. The molecule has 0 unspecified atom stereocenters. The maximum absolute atomic E-state index is 12.3. The van der Waals surface area contributed by atoms with E-state index in [1.54, 1.807) is 12.3 Å². The first kappa shape index (κ1) is 18.0. The zero-order valence-electron chi connectivity index (χ0n) is 14.3. The molecule has 1 aromatic heterocycles. The summed E-state index contributed by atoms with van der Waals surface area (Å²) in [6.45, 7) is 2.89. The van der Waals surface area contributed by atoms with Crippen molar-refractivity contribution in [2.24, 2.45) is 10.7 Å². The Kier molecular flexibility index (Phi) is 5.91. The lowest BCUT2D eigenvalue weighted by molar-refractivity contribution is -0.129. The molecule has 26 heavy (non-hydrogen) atoms. The molecular formula is C18H21ClN6O. The summed E-state index contributed by atoms with van der Waals surface area (Å²) in [5.41, 5.74) is 6.92. The van der Waals surface area contributed by atoms with Gasteiger partial charge in [0.1, 0.15) is 12.4 Å². The highest BCUT2D eigenvalue weighted by Crippen LogP contribution is 2.19. The quantitative estimate of drug-likeness (QED) is 0.631. The van der Waals surface area contributed by atoms with Gasteiger partial charge in [0.2, 0.25) is 5.91 Å². The molecule has 0 aliphatic carbocycles. The number of nitrogens with two attached hydrogens (primary N) is 1. The summed E-state index contributed by atoms with van der Waals surface area (Å²) >= 11 is 5.92. The van der Waals surface area contributed by atoms with Gasteiger partial charge in [-0.15, -0.1) is 0 Å². The standard InChI is InChI=1S/C18H21ClN6O/c19-14-4-6-15(7-5-14)24-9-11-25(12-10-24)17(26)13-22-18(20)23-16-3-1-2-8-21-16/h1-8H,9-13H2,(H3,20,21,22,23). The van der Waals surface area contributed by atoms with E-state index in [2.05, 4.69) is 20.2 Å². The zero-order valence-corrected chi connectivity index (χ0v) is 15.1. The van der Waals surface area contributed by atoms with Gasteiger partial charge in [-0.05, 0) is 36.4 Å². The Hall–Kier alpha value is -2.80. The average molecular weight is 373 g/mol. The van der Waals surface area contributed by atoms with Crippen molar-refractivity contribution in [1.29, 1.82) is 0 Å². The largest absolute Gasteiger partial charge is 0.370 e. The average Bonchev–Trinajstić information content (AvgIpc) is 2.68. The van der Waals surface area contributed by atoms with Crippen molar-refractivity contribution in [2.75, 3.05) is 42.9 Å². The molecule has 0 radical (unpaired) electrons. The molecule has 3 rings (SSSR count). The lowest BCUT2D eigenvalue weighted by Crippen LogP contribution is -2.49. The molecule has 2 aromatic rings. The van der Waals surface area contributed by atoms with Gasteiger partial charge in [-0.25, -0.2) is 9.98 Å². The van der Waals surface area contributed by atoms with E-state index >= 15 is 0 Å². The summed E-state index contributed by atoms with van der Waals surface area (Å²) in [5, 5.41) is 3.58. The number of benzene rings is 1. The summed E-state index contributed by atoms with van der Waals surface area (Å²) in [7, 11) is 0. The summed E-state index contributed by atoms with van der Waals surface area (Å²) in [6, 6.07) is 13.2. The number of nitrogens with one attached hydrogen (secondary N) is 1. The first-order chi connectivity index (χ1) is 12.6. The van der Waals surface area contributed by atoms with Crippen molar-refractivity contribution < 1.29 is 4.79 Å². The van der Waals surface area contributed by atoms with E-state index in [1.165, 1.54) is 0 Å². The number of carbonyl (C=O) groups excluding carboxylic acids is 1. The first-order valence-electron chi connectivity index (χ1n) is 8.38. The van der Waals surface area contributed by atoms with Crippen LogP contribution in [0.25, 0.3) is 0 Å². The highest BCUT2D eigenvalue weighted by Gasteiger charge is 2.21. The number of rotatable bonds is 4. The molecule has 1 aromatic carbocycles. The van der Waals surface area contributed by atoms with Crippen LogP contribution in [-0.2, 0) is 4.79 Å². The lowest BCUT2D eigenvalue weighted by Gasteiger charge is -2.36. The van der Waals surface area contributed by atoms with Crippen molar-refractivity contribution in [1.82, 2.24) is 9.88 Å². The smallest absolute Gasteiger partial charge is 0.244 e. The third-order valence-corrected chi connectivity index (χ3v) is 4.38. The van der Waals surface area contributed by atoms with Crippen molar-refractivity contribution in [3.05, 3.63) is 53.7 Å². The van der Waals surface area contributed by atoms with Crippen LogP contribution in [0.4, 0.5) is 11.5 Å². The van der Waals surface area contributed by atoms with E-state index in [0.717, 1.165) is 23.8 Å². The van der Waals surface area contributed by atoms with Gasteiger partial charge in [0, 0.05) is 43.1 Å². The van der Waals surface area contributed by atoms with Gasteiger partial charge in [0.15, 0.2) is 5.96 Å². The minimum absolute atomic E-state index is 0.0204. The van der Waals surface area contributed by atoms with Crippen LogP contribution in [0.5, 0.6) is 0 Å². The highest BCUT2D eigenvalue weighted by molar-refractivity contribution is 6.30. The molecule has 136 valence electrons. The second kappa shape index (κ2) is 8.53. The Morgan fingerprint density at radius 2 is 1.88 bits per heavy atom. The molecule has 0 saturated carbocycles. The maximum atomic E-state index is 12.3. The SMILES string of the molecule is NC(=NCC(=O)N1CCN(c2ccc(Cl)cc2)CC1)Nc1ccccn1. The number of aromatic nitrogens is 1. The van der Waals surface area contributed by atoms with Gasteiger partial charge < -0.3 is 20.9 Å². The predicted molar refractivity (Wildman–Crippen MR) is 105 cm³/mol. The lowest BCUT2D eigenvalue weighted by atomic mass is 10.2. The minimum atomic E-state index is -0.0356. The molecule has 1 saturated heterocycles. The fraction of sp³-hybridized carbons (Fsp3) is 0.278. The fourth-order valence-electron chi connectivity index (χ4n) is 2.73. The van der Waals surface area contributed by atoms with Gasteiger partial charge >= 0.3 is 0 Å². The molecular weight excluding hydrogens is 352 g/mol. The van der Waals surface area contributed by atoms with Crippen LogP contribution in [-0.4, -0.2) is 54.5 Å². The molecule has 2 heterocycles. The van der Waals surface area contributed by atoms with E-state index < -0.39 is 0 Å². The van der Waals surface area contributed by atoms with Gasteiger partial charge in [-0.3, -0.25) is 4.79 Å². The number of nitrogens with zero attached hydrogens (tertiary/aromatic N) is 4. The molecule has 0 spiro atoms. The van der Waals surface area contributed by atoms with Crippen LogP contribution < -0.4 is 16.0 Å². The number of amides is 1. The van der Waals surface area contributed by atoms with E-state index in [-0.39, 0.29) is 18.4 Å². The second-order valence-electron chi connectivity index (χ2n) is 5.89. The minimum Gasteiger partial charge on any atom is -0.370 e. The maximum Gasteiger partial charge on any atom is 0.244 e. The van der Waals surface area contributed by atoms with Crippen LogP contribution in [0.15, 0.2) is 53.7 Å². The van der Waals surface area contributed by atoms with Crippen LogP contribution in [0.2, 0.25) is 5.02 Å². The van der Waals surface area contributed by atoms with Crippen LogP contribution >= 0.6 is 11.6 Å². The molecule has 0 bridgehead atoms. The second-order valence-corrected chi connectivity index (χ2v) is 6.32. The van der Waals surface area contributed by atoms with Crippen molar-refractivity contribution >= 4 is 35.0 Å². The molecule has 0 atom stereocenters. The summed E-state index contributed by atoms with van der Waals surface area (Å²) in [6.07, 6.45) is 1.65. The summed E-state index contributed by atoms with van der Waals surface area (Å²) in [5.74, 6) is 0.737. The molecule has 8 heteroatoms. The molecule has 3 N–H and O–H groups in total. The highest BCUT2D eigenvalue weighted by atomic mass is 35.5. The Labute approximate surface area is 157 Å². The Balaban J connectivity index is 1.47. The van der Waals surface area contributed by atoms with Crippen molar-refractivity contribution in [3.8, 4) is 0 Å². The Morgan fingerprint density at radius 3 is 2.54 bits per heavy atom. The van der Waals surface area contributed by atoms with Crippen LogP contribution in [0.3, 0.4) is 0 Å². The molecule has 1 aliphatic rings. The number of piperazine rings is 1. The van der Waals surface area contributed by atoms with E-state index in [0.29, 0.717) is 18.9 Å². The number of pyridine rings is 1. The van der Waals surface area contributed by atoms with Crippen molar-refractivity contribution in [2.45, 2.75) is 0 Å². The summed E-state index contributed by atoms with van der Waals surface area (Å²) < 4.78 is 0. The number of anilines is 2. The van der Waals surface area contributed by atoms with Gasteiger partial charge in [0.25, 0.3) is 0 Å². The van der Waals surface area contributed by atoms with Gasteiger partial charge in [-0.1, -0.05) is 17.7 Å². The number of hydrogen-bond acceptors (Lipinski definition) is 4. The number of halogens is 1. The predicted octanol–water partition coefficient (Wildman–Crippen LogP) is 1.81. The van der Waals surface area contributed by atoms with Crippen LogP contribution in [0, 0.1) is 0 Å². The van der Waals surface area contributed by atoms with Crippen LogP contribution in [0.1, 0.15) is 0 Å². The summed E-state index contributed by atoms with van der Waals surface area (Å²) in [4.78, 5) is 24.6. The zero-order chi connectivity index (χ0) is 18.4. The van der Waals surface area contributed by atoms with Crippen molar-refractivity contribution in [3.63, 3.8) is 0 Å². The Morgan fingerprint density at radius 1 is 1.15 bits per heavy atom. The first-order valence-corrected chi connectivity index (χ1v) is 8.76. The molecule has 1 aliphatic heterocycles. The van der Waals surface area contributed by atoms with Gasteiger partial charge in [0.05, 0.1) is 0 Å². The Bertz CT molecular complexity index is 757. The number of hydrogen-bond donors (Lipinski definition) is 2. The topological polar surface area (TPSA) is 86.8 Å². The molecule has 1 fully saturated rings. The van der Waals surface area contributed by atoms with E-state index in [9.17, 15) is 4.79 Å². The third-order valence-electron chi connectivity index (χ3n) is 4.13. The van der Waals surface area contributed by atoms with Gasteiger partial charge in [-0.2, -0.15) is 0 Å². The van der Waals surface area contributed by atoms with E-state index in [1.807, 2.05) is 41.3 Å². The van der Waals surface area contributed by atoms with E-state index in [4.69, 9.17) is 17.3 Å². The monoisotopic (exact) mass is 372 g/mol. The number of aliphatic imine (C=N–C) groups is 1. The fourth-order valence-corrected chi connectivity index (χ4v) is 2.85. The third kappa shape index (κ3) is 4.86. The number of carbonyl (C=O) groups is 1. The molecule has 7 nitrogen and oxygen atoms in total. The molecule has 1 amide bonds.